The second-order valence-corrected chi connectivity index (χ2v) is 4.88. The molecular weight excluding hydrogens is 328 g/mol. The van der Waals surface area contributed by atoms with E-state index in [0.29, 0.717) is 17.0 Å². The highest BCUT2D eigenvalue weighted by Gasteiger charge is 2.12. The Kier molecular flexibility index (Phi) is 5.88. The van der Waals surface area contributed by atoms with E-state index in [4.69, 9.17) is 4.74 Å². The molecule has 130 valence electrons. The Morgan fingerprint density at radius 1 is 1.36 bits per heavy atom. The number of hydrogen-bond acceptors (Lipinski definition) is 7. The van der Waals surface area contributed by atoms with Crippen LogP contribution in [-0.4, -0.2) is 35.8 Å². The number of phenolic OH excluding ortho intramolecular Hbond substituents is 1. The van der Waals surface area contributed by atoms with E-state index in [1.165, 1.54) is 18.3 Å². The number of anilines is 1. The van der Waals surface area contributed by atoms with Gasteiger partial charge in [-0.15, -0.1) is 0 Å². The third-order valence-corrected chi connectivity index (χ3v) is 3.12. The van der Waals surface area contributed by atoms with Gasteiger partial charge in [0.1, 0.15) is 5.75 Å². The van der Waals surface area contributed by atoms with Crippen molar-refractivity contribution in [3.8, 4) is 11.5 Å². The van der Waals surface area contributed by atoms with Crippen molar-refractivity contribution in [3.63, 3.8) is 0 Å². The van der Waals surface area contributed by atoms with Crippen LogP contribution in [0, 0.1) is 10.1 Å². The number of hydrazone groups is 1. The quantitative estimate of drug-likeness (QED) is 0.400. The van der Waals surface area contributed by atoms with Crippen LogP contribution in [0.25, 0.3) is 0 Å². The van der Waals surface area contributed by atoms with Crippen LogP contribution in [-0.2, 0) is 4.79 Å². The second-order valence-electron chi connectivity index (χ2n) is 4.88. The van der Waals surface area contributed by atoms with Crippen LogP contribution in [0.5, 0.6) is 11.5 Å². The Bertz CT molecular complexity index is 807. The molecule has 0 bridgehead atoms. The largest absolute Gasteiger partial charge is 0.502 e. The highest BCUT2D eigenvalue weighted by atomic mass is 16.6. The lowest BCUT2D eigenvalue weighted by Gasteiger charge is -2.06. The fourth-order valence-corrected chi connectivity index (χ4v) is 1.90. The number of ether oxygens (including phenoxy) is 1. The topological polar surface area (TPSA) is 126 Å². The molecule has 0 aliphatic rings. The van der Waals surface area contributed by atoms with Crippen molar-refractivity contribution in [2.24, 2.45) is 5.10 Å². The van der Waals surface area contributed by atoms with Crippen LogP contribution in [0.3, 0.4) is 0 Å². The summed E-state index contributed by atoms with van der Waals surface area (Å²) in [5.41, 5.74) is 2.94. The molecule has 0 radical (unpaired) electrons. The Morgan fingerprint density at radius 2 is 2.16 bits per heavy atom. The molecule has 0 aliphatic carbocycles. The van der Waals surface area contributed by atoms with Crippen molar-refractivity contribution in [2.75, 3.05) is 19.0 Å². The minimum absolute atomic E-state index is 0.0137. The highest BCUT2D eigenvalue weighted by molar-refractivity contribution is 5.85. The first-order chi connectivity index (χ1) is 12.0. The maximum Gasteiger partial charge on any atom is 0.311 e. The summed E-state index contributed by atoms with van der Waals surface area (Å²) in [5, 5.41) is 26.7. The van der Waals surface area contributed by atoms with Gasteiger partial charge in [-0.2, -0.15) is 5.10 Å². The molecule has 25 heavy (non-hydrogen) atoms. The lowest BCUT2D eigenvalue weighted by atomic mass is 10.2. The normalized spacial score (nSPS) is 10.4. The van der Waals surface area contributed by atoms with Gasteiger partial charge in [0.05, 0.1) is 24.8 Å². The molecule has 0 unspecified atom stereocenters. The Morgan fingerprint density at radius 3 is 2.88 bits per heavy atom. The standard InChI is InChI=1S/C16H16N4O5/c1-25-13-4-2-3-12(8-13)17-10-16(22)19-18-9-11-5-6-15(21)14(7-11)20(23)24/h2-9,17,21H,10H2,1H3,(H,19,22)/b18-9+. The monoisotopic (exact) mass is 344 g/mol. The number of nitrogens with one attached hydrogen (secondary N) is 2. The van der Waals surface area contributed by atoms with Crippen molar-refractivity contribution in [1.82, 2.24) is 5.43 Å². The lowest BCUT2D eigenvalue weighted by molar-refractivity contribution is -0.385. The molecule has 2 aromatic rings. The Labute approximate surface area is 143 Å². The molecule has 0 spiro atoms. The van der Waals surface area contributed by atoms with Gasteiger partial charge in [-0.1, -0.05) is 6.07 Å². The van der Waals surface area contributed by atoms with Crippen LogP contribution in [0.4, 0.5) is 11.4 Å². The number of rotatable bonds is 7. The van der Waals surface area contributed by atoms with Crippen molar-refractivity contribution in [3.05, 3.63) is 58.1 Å². The Hall–Kier alpha value is -3.62. The average molecular weight is 344 g/mol. The van der Waals surface area contributed by atoms with Gasteiger partial charge in [0.2, 0.25) is 0 Å². The minimum Gasteiger partial charge on any atom is -0.502 e. The number of phenols is 1. The number of amides is 1. The first kappa shape index (κ1) is 17.7. The van der Waals surface area contributed by atoms with E-state index in [9.17, 15) is 20.0 Å². The molecule has 2 rings (SSSR count). The first-order valence-electron chi connectivity index (χ1n) is 7.17. The summed E-state index contributed by atoms with van der Waals surface area (Å²) < 4.78 is 5.08. The summed E-state index contributed by atoms with van der Waals surface area (Å²) in [6, 6.07) is 10.9. The molecule has 0 atom stereocenters. The predicted molar refractivity (Wildman–Crippen MR) is 92.0 cm³/mol. The van der Waals surface area contributed by atoms with Crippen molar-refractivity contribution in [1.29, 1.82) is 0 Å². The summed E-state index contributed by atoms with van der Waals surface area (Å²) in [5.74, 6) is -0.168. The number of hydrogen-bond donors (Lipinski definition) is 3. The van der Waals surface area contributed by atoms with Gasteiger partial charge in [0.25, 0.3) is 5.91 Å². The zero-order chi connectivity index (χ0) is 18.2. The summed E-state index contributed by atoms with van der Waals surface area (Å²) >= 11 is 0. The maximum atomic E-state index is 11.7. The number of methoxy groups -OCH3 is 1. The number of aromatic hydroxyl groups is 1. The molecular formula is C16H16N4O5. The molecule has 0 saturated heterocycles. The summed E-state index contributed by atoms with van der Waals surface area (Å²) in [6.07, 6.45) is 1.25. The molecule has 9 nitrogen and oxygen atoms in total. The number of benzene rings is 2. The minimum atomic E-state index is -0.705. The third kappa shape index (κ3) is 5.20. The molecule has 0 fully saturated rings. The van der Waals surface area contributed by atoms with E-state index in [0.717, 1.165) is 6.07 Å². The lowest BCUT2D eigenvalue weighted by Crippen LogP contribution is -2.25. The van der Waals surface area contributed by atoms with Gasteiger partial charge in [-0.05, 0) is 24.3 Å². The van der Waals surface area contributed by atoms with E-state index in [1.54, 1.807) is 31.4 Å². The van der Waals surface area contributed by atoms with E-state index >= 15 is 0 Å². The van der Waals surface area contributed by atoms with Crippen molar-refractivity contribution < 1.29 is 19.6 Å². The van der Waals surface area contributed by atoms with Crippen LogP contribution >= 0.6 is 0 Å². The van der Waals surface area contributed by atoms with Crippen LogP contribution in [0.2, 0.25) is 0 Å². The smallest absolute Gasteiger partial charge is 0.311 e. The molecule has 9 heteroatoms. The predicted octanol–water partition coefficient (Wildman–Crippen LogP) is 1.87. The SMILES string of the molecule is COc1cccc(NCC(=O)N/N=C/c2ccc(O)c([N+](=O)[O-])c2)c1. The first-order valence-corrected chi connectivity index (χ1v) is 7.17. The van der Waals surface area contributed by atoms with E-state index < -0.39 is 22.3 Å². The molecule has 1 amide bonds. The van der Waals surface area contributed by atoms with Crippen LogP contribution in [0.15, 0.2) is 47.6 Å². The molecule has 2 aromatic carbocycles. The van der Waals surface area contributed by atoms with E-state index in [2.05, 4.69) is 15.8 Å². The second kappa shape index (κ2) is 8.29. The van der Waals surface area contributed by atoms with Crippen molar-refractivity contribution >= 4 is 23.5 Å². The highest BCUT2D eigenvalue weighted by Crippen LogP contribution is 2.25. The van der Waals surface area contributed by atoms with Crippen LogP contribution < -0.4 is 15.5 Å². The third-order valence-electron chi connectivity index (χ3n) is 3.12. The van der Waals surface area contributed by atoms with Crippen molar-refractivity contribution in [2.45, 2.75) is 0 Å². The number of nitro groups is 1. The van der Waals surface area contributed by atoms with Gasteiger partial charge in [-0.25, -0.2) is 5.43 Å². The fraction of sp³-hybridized carbons (Fsp3) is 0.125. The fourth-order valence-electron chi connectivity index (χ4n) is 1.90. The zero-order valence-electron chi connectivity index (χ0n) is 13.3. The van der Waals surface area contributed by atoms with E-state index in [-0.39, 0.29) is 6.54 Å². The van der Waals surface area contributed by atoms with Gasteiger partial charge < -0.3 is 15.2 Å². The molecule has 3 N–H and O–H groups in total. The zero-order valence-corrected chi connectivity index (χ0v) is 13.3. The Balaban J connectivity index is 1.88. The summed E-state index contributed by atoms with van der Waals surface area (Å²) in [7, 11) is 1.55. The number of nitro benzene ring substituents is 1. The van der Waals surface area contributed by atoms with Crippen LogP contribution in [0.1, 0.15) is 5.56 Å². The van der Waals surface area contributed by atoms with Gasteiger partial charge in [-0.3, -0.25) is 14.9 Å². The molecule has 0 aliphatic heterocycles. The molecule has 0 aromatic heterocycles. The number of carbonyl (C=O) groups excluding carboxylic acids is 1. The van der Waals surface area contributed by atoms with Gasteiger partial charge >= 0.3 is 5.69 Å². The van der Waals surface area contributed by atoms with Gasteiger partial charge in [0.15, 0.2) is 5.75 Å². The van der Waals surface area contributed by atoms with Gasteiger partial charge in [0, 0.05) is 23.4 Å². The number of nitrogens with zero attached hydrogens (tertiary/aromatic N) is 2. The average Bonchev–Trinajstić information content (AvgIpc) is 2.61. The molecule has 0 heterocycles. The summed E-state index contributed by atoms with van der Waals surface area (Å²) in [4.78, 5) is 21.8. The summed E-state index contributed by atoms with van der Waals surface area (Å²) in [6.45, 7) is -0.0137. The maximum absolute atomic E-state index is 11.7. The van der Waals surface area contributed by atoms with E-state index in [1.807, 2.05) is 0 Å². The number of carbonyl (C=O) groups is 1. The molecule has 0 saturated carbocycles.